The zero-order valence-electron chi connectivity index (χ0n) is 30.6. The predicted molar refractivity (Wildman–Crippen MR) is 212 cm³/mol. The Morgan fingerprint density at radius 2 is 1.71 bits per heavy atom. The molecule has 4 heterocycles. The number of carbonyl (C=O) groups excluding carboxylic acids is 4. The Bertz CT molecular complexity index is 2580. The fourth-order valence-corrected chi connectivity index (χ4v) is 11.2. The summed E-state index contributed by atoms with van der Waals surface area (Å²) in [7, 11) is 3.17. The number of anilines is 2. The Labute approximate surface area is 330 Å². The van der Waals surface area contributed by atoms with E-state index in [1.54, 1.807) is 65.5 Å². The van der Waals surface area contributed by atoms with Gasteiger partial charge in [-0.25, -0.2) is 9.80 Å². The molecule has 0 radical (unpaired) electrons. The molecule has 4 aliphatic rings. The molecule has 10 nitrogen and oxygen atoms in total. The van der Waals surface area contributed by atoms with Gasteiger partial charge in [-0.15, -0.1) is 11.3 Å². The second-order valence-corrected chi connectivity index (χ2v) is 17.1. The van der Waals surface area contributed by atoms with Crippen LogP contribution in [0, 0.1) is 42.9 Å². The van der Waals surface area contributed by atoms with Crippen LogP contribution < -0.4 is 14.5 Å². The van der Waals surface area contributed by atoms with Crippen molar-refractivity contribution in [2.45, 2.75) is 39.5 Å². The zero-order chi connectivity index (χ0) is 38.8. The lowest BCUT2D eigenvalue weighted by molar-refractivity contribution is -0.131. The van der Waals surface area contributed by atoms with Gasteiger partial charge >= 0.3 is 0 Å². The van der Waals surface area contributed by atoms with Gasteiger partial charge in [-0.1, -0.05) is 47.0 Å². The Kier molecular flexibility index (Phi) is 8.13. The maximum Gasteiger partial charge on any atom is 0.242 e. The number of phenolic OH excluding ortho intramolecular Hbond substituents is 1. The number of halogens is 2. The van der Waals surface area contributed by atoms with E-state index in [4.69, 9.17) is 33.0 Å². The summed E-state index contributed by atoms with van der Waals surface area (Å²) in [5.74, 6) is -4.47. The van der Waals surface area contributed by atoms with E-state index < -0.39 is 46.8 Å². The number of nitrogens with zero attached hydrogens (tertiary/aromatic N) is 4. The fourth-order valence-electron chi connectivity index (χ4n) is 9.69. The average Bonchev–Trinajstić information content (AvgIpc) is 3.82. The number of rotatable bonds is 5. The number of phenols is 1. The monoisotopic (exact) mass is 794 g/mol. The van der Waals surface area contributed by atoms with Gasteiger partial charge in [-0.05, 0) is 104 Å². The van der Waals surface area contributed by atoms with E-state index >= 15 is 4.79 Å². The fraction of sp³-hybridized carbons (Fsp3) is 0.310. The van der Waals surface area contributed by atoms with Crippen LogP contribution in [0.3, 0.4) is 0 Å². The molecule has 9 rings (SSSR count). The molecule has 3 aromatic carbocycles. The molecule has 13 heteroatoms. The summed E-state index contributed by atoms with van der Waals surface area (Å²) >= 11 is 14.3. The van der Waals surface area contributed by atoms with Crippen LogP contribution in [0.2, 0.25) is 10.0 Å². The minimum absolute atomic E-state index is 0.115. The first-order valence-electron chi connectivity index (χ1n) is 18.1. The number of thiophene rings is 1. The first-order chi connectivity index (χ1) is 26.2. The summed E-state index contributed by atoms with van der Waals surface area (Å²) in [6.07, 6.45) is 2.45. The smallest absolute Gasteiger partial charge is 0.242 e. The number of amides is 4. The third-order valence-electron chi connectivity index (χ3n) is 12.4. The standard InChI is InChI=1S/C42H36Cl2N4O6S/c1-19-6-9-23(16-29(19)44)47-38(50)25-11-10-24-27(35(25)40(47)52)17-28-39(51)48(41(53)42(28,3)36(24)21-7-12-32(54-5)31(49)14-21)34-18-30(45-46(34)4)37-20(2)26-15-22(43)8-13-33(26)55-37/h6-10,12-16,18,25,27-28,35-36,49H,11,17H2,1-5H3/t25-,27+,28-,35-,36-,42+/m0/s1. The van der Waals surface area contributed by atoms with E-state index in [2.05, 4.69) is 0 Å². The number of ether oxygens (including phenoxy) is 1. The highest BCUT2D eigenvalue weighted by Crippen LogP contribution is 2.64. The lowest BCUT2D eigenvalue weighted by Crippen LogP contribution is -2.48. The maximum absolute atomic E-state index is 15.1. The van der Waals surface area contributed by atoms with Gasteiger partial charge in [0.15, 0.2) is 11.5 Å². The molecular formula is C42H36Cl2N4O6S. The molecule has 1 N–H and O–H groups in total. The Hall–Kier alpha value is -4.97. The van der Waals surface area contributed by atoms with Gasteiger partial charge < -0.3 is 9.84 Å². The molecule has 1 saturated carbocycles. The topological polar surface area (TPSA) is 122 Å². The molecule has 0 spiro atoms. The van der Waals surface area contributed by atoms with Crippen LogP contribution in [-0.4, -0.2) is 45.6 Å². The molecular weight excluding hydrogens is 759 g/mol. The molecule has 2 aliphatic carbocycles. The molecule has 0 unspecified atom stereocenters. The van der Waals surface area contributed by atoms with Gasteiger partial charge in [0, 0.05) is 33.8 Å². The maximum atomic E-state index is 15.1. The Morgan fingerprint density at radius 1 is 0.927 bits per heavy atom. The van der Waals surface area contributed by atoms with Crippen LogP contribution in [0.1, 0.15) is 42.4 Å². The van der Waals surface area contributed by atoms with Gasteiger partial charge in [0.25, 0.3) is 0 Å². The van der Waals surface area contributed by atoms with E-state index in [0.717, 1.165) is 31.7 Å². The van der Waals surface area contributed by atoms with Crippen molar-refractivity contribution < 1.29 is 29.0 Å². The van der Waals surface area contributed by atoms with Crippen LogP contribution in [0.25, 0.3) is 20.7 Å². The van der Waals surface area contributed by atoms with E-state index in [0.29, 0.717) is 32.8 Å². The molecule has 5 aromatic rings. The van der Waals surface area contributed by atoms with Crippen molar-refractivity contribution in [2.75, 3.05) is 16.9 Å². The Morgan fingerprint density at radius 3 is 2.44 bits per heavy atom. The number of methoxy groups -OCH3 is 1. The number of allylic oxidation sites excluding steroid dienone is 2. The van der Waals surface area contributed by atoms with Crippen molar-refractivity contribution in [3.8, 4) is 22.1 Å². The summed E-state index contributed by atoms with van der Waals surface area (Å²) in [4.78, 5) is 61.9. The summed E-state index contributed by atoms with van der Waals surface area (Å²) in [5.41, 5.74) is 2.94. The summed E-state index contributed by atoms with van der Waals surface area (Å²) in [6.45, 7) is 5.66. The highest BCUT2D eigenvalue weighted by Gasteiger charge is 2.68. The molecule has 6 atom stereocenters. The number of aromatic hydroxyl groups is 1. The number of carbonyl (C=O) groups is 4. The van der Waals surface area contributed by atoms with Crippen LogP contribution in [-0.2, 0) is 26.2 Å². The summed E-state index contributed by atoms with van der Waals surface area (Å²) in [5, 5.41) is 17.9. The highest BCUT2D eigenvalue weighted by molar-refractivity contribution is 7.22. The first-order valence-corrected chi connectivity index (χ1v) is 19.6. The van der Waals surface area contributed by atoms with Crippen LogP contribution in [0.5, 0.6) is 11.5 Å². The molecule has 2 aliphatic heterocycles. The number of aromatic nitrogens is 2. The molecule has 0 bridgehead atoms. The normalized spacial score (nSPS) is 26.1. The van der Waals surface area contributed by atoms with E-state index in [1.165, 1.54) is 16.9 Å². The molecule has 3 fully saturated rings. The van der Waals surface area contributed by atoms with Crippen molar-refractivity contribution in [3.63, 3.8) is 0 Å². The van der Waals surface area contributed by atoms with E-state index in [-0.39, 0.29) is 36.2 Å². The predicted octanol–water partition coefficient (Wildman–Crippen LogP) is 8.37. The van der Waals surface area contributed by atoms with E-state index in [1.807, 2.05) is 45.0 Å². The van der Waals surface area contributed by atoms with E-state index in [9.17, 15) is 19.5 Å². The van der Waals surface area contributed by atoms with Gasteiger partial charge in [0.1, 0.15) is 11.5 Å². The van der Waals surface area contributed by atoms with Gasteiger partial charge in [-0.2, -0.15) is 5.10 Å². The third kappa shape index (κ3) is 5.02. The van der Waals surface area contributed by atoms with Crippen molar-refractivity contribution >= 4 is 79.8 Å². The first kappa shape index (κ1) is 35.7. The van der Waals surface area contributed by atoms with Crippen molar-refractivity contribution in [1.82, 2.24) is 9.78 Å². The van der Waals surface area contributed by atoms with Gasteiger partial charge in [0.05, 0.1) is 40.8 Å². The highest BCUT2D eigenvalue weighted by atomic mass is 35.5. The number of imide groups is 2. The SMILES string of the molecule is COc1ccc([C@H]2C3=CC[C@@H]4C(=O)N(c5ccc(C)c(Cl)c5)C(=O)[C@@H]4[C@@H]3C[C@H]3C(=O)N(c4cc(-c5sc6ccc(Cl)cc6c5C)nn4C)C(=O)[C@@]23C)cc1O. The van der Waals surface area contributed by atoms with Gasteiger partial charge in [0.2, 0.25) is 23.6 Å². The average molecular weight is 796 g/mol. The number of aryl methyl sites for hydroxylation is 3. The second kappa shape index (κ2) is 12.5. The minimum atomic E-state index is -1.31. The number of hydrogen-bond acceptors (Lipinski definition) is 8. The third-order valence-corrected chi connectivity index (χ3v) is 14.4. The van der Waals surface area contributed by atoms with Crippen LogP contribution in [0.4, 0.5) is 11.5 Å². The van der Waals surface area contributed by atoms with Crippen molar-refractivity contribution in [2.24, 2.45) is 36.1 Å². The number of benzene rings is 3. The molecule has 280 valence electrons. The number of fused-ring (bicyclic) bond motifs is 5. The van der Waals surface area contributed by atoms with Crippen molar-refractivity contribution in [3.05, 3.63) is 99.0 Å². The van der Waals surface area contributed by atoms with Crippen LogP contribution in [0.15, 0.2) is 72.3 Å². The molecule has 2 aromatic heterocycles. The molecule has 2 saturated heterocycles. The minimum Gasteiger partial charge on any atom is -0.504 e. The lowest BCUT2D eigenvalue weighted by Gasteiger charge is -2.49. The van der Waals surface area contributed by atoms with Crippen LogP contribution >= 0.6 is 34.5 Å². The quantitative estimate of drug-likeness (QED) is 0.140. The molecule has 55 heavy (non-hydrogen) atoms. The zero-order valence-corrected chi connectivity index (χ0v) is 32.9. The second-order valence-electron chi connectivity index (χ2n) is 15.2. The lowest BCUT2D eigenvalue weighted by atomic mass is 9.51. The molecule has 4 amide bonds. The summed E-state index contributed by atoms with van der Waals surface area (Å²) < 4.78 is 7.95. The van der Waals surface area contributed by atoms with Gasteiger partial charge in [-0.3, -0.25) is 23.9 Å². The summed E-state index contributed by atoms with van der Waals surface area (Å²) in [6, 6.07) is 17.6. The largest absolute Gasteiger partial charge is 0.504 e. The number of hydrogen-bond donors (Lipinski definition) is 1. The van der Waals surface area contributed by atoms with Crippen molar-refractivity contribution in [1.29, 1.82) is 0 Å². The Balaban J connectivity index is 1.15.